The molecule has 9 nitrogen and oxygen atoms in total. The molecule has 0 bridgehead atoms. The van der Waals surface area contributed by atoms with Crippen LogP contribution in [0.3, 0.4) is 0 Å². The Bertz CT molecular complexity index is 1450. The fourth-order valence-corrected chi connectivity index (χ4v) is 5.42. The van der Waals surface area contributed by atoms with Crippen LogP contribution in [-0.4, -0.2) is 42.3 Å². The molecule has 0 aliphatic rings. The summed E-state index contributed by atoms with van der Waals surface area (Å²) in [5.41, 5.74) is 4.48. The number of hydrogen-bond acceptors (Lipinski definition) is 7. The maximum absolute atomic E-state index is 12.5. The lowest BCUT2D eigenvalue weighted by Gasteiger charge is -2.12. The quantitative estimate of drug-likeness (QED) is 0.122. The fraction of sp³-hybridized carbons (Fsp3) is 0.120. The van der Waals surface area contributed by atoms with Gasteiger partial charge in [-0.2, -0.15) is 9.67 Å². The summed E-state index contributed by atoms with van der Waals surface area (Å²) in [5.74, 6) is 1.38. The van der Waals surface area contributed by atoms with Gasteiger partial charge in [-0.1, -0.05) is 55.8 Å². The van der Waals surface area contributed by atoms with Crippen LogP contribution < -0.4 is 24.6 Å². The summed E-state index contributed by atoms with van der Waals surface area (Å²) >= 11 is 7.78. The number of nitrogens with zero attached hydrogens (tertiary/aromatic N) is 3. The zero-order valence-electron chi connectivity index (χ0n) is 19.7. The molecule has 1 aromatic heterocycles. The molecule has 4 rings (SSSR count). The van der Waals surface area contributed by atoms with Gasteiger partial charge in [0.2, 0.25) is 0 Å². The van der Waals surface area contributed by atoms with Crippen molar-refractivity contribution in [1.82, 2.24) is 15.6 Å². The maximum Gasteiger partial charge on any atom is 0.342 e. The Labute approximate surface area is 234 Å². The zero-order chi connectivity index (χ0) is 26.4. The van der Waals surface area contributed by atoms with Crippen molar-refractivity contribution in [2.24, 2.45) is 5.10 Å². The summed E-state index contributed by atoms with van der Waals surface area (Å²) < 4.78 is 13.8. The van der Waals surface area contributed by atoms with E-state index in [1.807, 2.05) is 53.1 Å². The molecule has 190 valence electrons. The van der Waals surface area contributed by atoms with E-state index >= 15 is 0 Å². The summed E-state index contributed by atoms with van der Waals surface area (Å²) in [4.78, 5) is 12.5. The van der Waals surface area contributed by atoms with Crippen LogP contribution in [0.4, 0.5) is 0 Å². The van der Waals surface area contributed by atoms with Gasteiger partial charge in [-0.25, -0.2) is 5.43 Å². The summed E-state index contributed by atoms with van der Waals surface area (Å²) in [6.45, 7) is 0. The predicted molar refractivity (Wildman–Crippen MR) is 146 cm³/mol. The molecule has 0 aliphatic heterocycles. The Kier molecular flexibility index (Phi) is 8.85. The summed E-state index contributed by atoms with van der Waals surface area (Å²) in [6.07, 6.45) is 1.31. The average molecular weight is 647 g/mol. The third kappa shape index (κ3) is 6.32. The molecular formula is C25H21Br2N5O4S. The molecule has 37 heavy (non-hydrogen) atoms. The molecular weight excluding hydrogens is 626 g/mol. The number of amides is 1. The van der Waals surface area contributed by atoms with Crippen LogP contribution in [0.2, 0.25) is 0 Å². The molecule has 0 fully saturated rings. The van der Waals surface area contributed by atoms with E-state index in [1.165, 1.54) is 18.0 Å². The lowest BCUT2D eigenvalue weighted by Crippen LogP contribution is -2.34. The molecule has 0 saturated carbocycles. The summed E-state index contributed by atoms with van der Waals surface area (Å²) in [7, 11) is 3.16. The van der Waals surface area contributed by atoms with Gasteiger partial charge in [0, 0.05) is 8.95 Å². The Morgan fingerprint density at radius 2 is 1.89 bits per heavy atom. The number of methoxy groups -OCH3 is 2. The van der Waals surface area contributed by atoms with Crippen LogP contribution in [0.5, 0.6) is 17.2 Å². The number of carbonyl (C=O) groups excluding carboxylic acids is 1. The second-order valence-corrected chi connectivity index (χ2v) is 10.2. The lowest BCUT2D eigenvalue weighted by atomic mass is 10.2. The average Bonchev–Trinajstić information content (AvgIpc) is 3.34. The van der Waals surface area contributed by atoms with Crippen molar-refractivity contribution in [1.29, 1.82) is 0 Å². The molecule has 1 amide bonds. The number of hydrazone groups is 1. The highest BCUT2D eigenvalue weighted by Crippen LogP contribution is 2.32. The molecule has 4 aromatic rings. The Hall–Kier alpha value is -3.35. The van der Waals surface area contributed by atoms with Crippen molar-refractivity contribution in [3.8, 4) is 34.3 Å². The predicted octanol–water partition coefficient (Wildman–Crippen LogP) is 4.21. The number of rotatable bonds is 9. The van der Waals surface area contributed by atoms with Crippen LogP contribution in [-0.2, 0) is 4.79 Å². The summed E-state index contributed by atoms with van der Waals surface area (Å²) in [6, 6.07) is 18.5. The number of ether oxygens (including phenoxy) is 2. The van der Waals surface area contributed by atoms with Gasteiger partial charge in [-0.3, -0.25) is 4.79 Å². The van der Waals surface area contributed by atoms with Crippen LogP contribution >= 0.6 is 43.6 Å². The van der Waals surface area contributed by atoms with E-state index < -0.39 is 0 Å². The monoisotopic (exact) mass is 645 g/mol. The van der Waals surface area contributed by atoms with Crippen molar-refractivity contribution in [2.75, 3.05) is 20.0 Å². The third-order valence-corrected chi connectivity index (χ3v) is 7.09. The van der Waals surface area contributed by atoms with Gasteiger partial charge in [0.25, 0.3) is 11.7 Å². The van der Waals surface area contributed by atoms with Crippen LogP contribution in [0.1, 0.15) is 5.56 Å². The number of halogens is 2. The number of nitrogens with one attached hydrogen (secondary N) is 2. The Balaban J connectivity index is 1.54. The zero-order valence-corrected chi connectivity index (χ0v) is 23.7. The van der Waals surface area contributed by atoms with Crippen molar-refractivity contribution in [3.63, 3.8) is 0 Å². The molecule has 0 atom stereocenters. The lowest BCUT2D eigenvalue weighted by molar-refractivity contribution is -0.625. The normalized spacial score (nSPS) is 11.0. The molecule has 2 N–H and O–H groups in total. The topological polar surface area (TPSA) is 116 Å². The molecule has 0 spiro atoms. The molecule has 3 aromatic carbocycles. The van der Waals surface area contributed by atoms with Crippen LogP contribution in [0, 0.1) is 0 Å². The van der Waals surface area contributed by atoms with Crippen molar-refractivity contribution in [3.05, 3.63) is 75.2 Å². The number of carbonyl (C=O) groups is 1. The van der Waals surface area contributed by atoms with Gasteiger partial charge >= 0.3 is 5.16 Å². The second kappa shape index (κ2) is 12.3. The number of para-hydroxylation sites is 1. The minimum absolute atomic E-state index is 0.0484. The largest absolute Gasteiger partial charge is 0.871 e. The van der Waals surface area contributed by atoms with Gasteiger partial charge in [0.1, 0.15) is 5.69 Å². The maximum atomic E-state index is 12.5. The van der Waals surface area contributed by atoms with Gasteiger partial charge < -0.3 is 14.6 Å². The first-order chi connectivity index (χ1) is 17.9. The molecule has 0 aliphatic carbocycles. The minimum Gasteiger partial charge on any atom is -0.871 e. The van der Waals surface area contributed by atoms with Crippen LogP contribution in [0.15, 0.2) is 79.9 Å². The van der Waals surface area contributed by atoms with E-state index in [0.717, 1.165) is 15.7 Å². The highest BCUT2D eigenvalue weighted by Gasteiger charge is 2.25. The van der Waals surface area contributed by atoms with Crippen molar-refractivity contribution >= 4 is 55.7 Å². The van der Waals surface area contributed by atoms with E-state index in [0.29, 0.717) is 32.5 Å². The SMILES string of the molecule is COc1ccc(-c2[nH]nc(SCC(=O)NN=Cc3cc(Br)cc(Br)c3[O-])[n+]2-c2ccccc2)cc1OC. The van der Waals surface area contributed by atoms with Gasteiger partial charge in [0.05, 0.1) is 36.8 Å². The number of hydrogen-bond donors (Lipinski definition) is 2. The molecule has 0 saturated heterocycles. The minimum atomic E-state index is -0.349. The van der Waals surface area contributed by atoms with E-state index in [4.69, 9.17) is 9.47 Å². The first kappa shape index (κ1) is 26.7. The standard InChI is InChI=1S/C25H21Br2N5O4S/c1-35-20-9-8-15(11-21(20)36-2)24-30-31-25(32(24)18-6-4-3-5-7-18)37-14-22(33)29-28-13-16-10-17(26)12-19(27)23(16)34/h3-13H,14H2,1-2H3,(H2,28,29,33,34). The van der Waals surface area contributed by atoms with Crippen molar-refractivity contribution < 1.29 is 23.9 Å². The third-order valence-electron chi connectivity index (χ3n) is 5.11. The molecule has 12 heteroatoms. The Morgan fingerprint density at radius 3 is 2.62 bits per heavy atom. The van der Waals surface area contributed by atoms with E-state index in [-0.39, 0.29) is 17.4 Å². The van der Waals surface area contributed by atoms with E-state index in [2.05, 4.69) is 52.6 Å². The highest BCUT2D eigenvalue weighted by atomic mass is 79.9. The fourth-order valence-electron chi connectivity index (χ4n) is 3.40. The number of thioether (sulfide) groups is 1. The number of benzene rings is 3. The number of H-pyrrole nitrogens is 1. The van der Waals surface area contributed by atoms with E-state index in [1.54, 1.807) is 26.4 Å². The van der Waals surface area contributed by atoms with Crippen LogP contribution in [0.25, 0.3) is 17.1 Å². The molecule has 0 radical (unpaired) electrons. The second-order valence-electron chi connectivity index (χ2n) is 7.48. The first-order valence-corrected chi connectivity index (χ1v) is 13.4. The van der Waals surface area contributed by atoms with E-state index in [9.17, 15) is 9.90 Å². The highest BCUT2D eigenvalue weighted by molar-refractivity contribution is 9.11. The number of aromatic nitrogens is 3. The Morgan fingerprint density at radius 1 is 1.14 bits per heavy atom. The number of aromatic amines is 1. The summed E-state index contributed by atoms with van der Waals surface area (Å²) in [5, 5.41) is 24.2. The molecule has 1 heterocycles. The van der Waals surface area contributed by atoms with Crippen molar-refractivity contribution in [2.45, 2.75) is 5.16 Å². The van der Waals surface area contributed by atoms with Gasteiger partial charge in [-0.05, 0) is 59.8 Å². The smallest absolute Gasteiger partial charge is 0.342 e. The van der Waals surface area contributed by atoms with Gasteiger partial charge in [-0.15, -0.1) is 5.10 Å². The first-order valence-electron chi connectivity index (χ1n) is 10.8. The van der Waals surface area contributed by atoms with Gasteiger partial charge in [0.15, 0.2) is 11.5 Å². The molecule has 0 unspecified atom stereocenters.